The molecule has 0 aliphatic heterocycles. The molecule has 1 aromatic heterocycles. The summed E-state index contributed by atoms with van der Waals surface area (Å²) >= 11 is 1.35. The smallest absolute Gasteiger partial charge is 0.265 e. The highest BCUT2D eigenvalue weighted by molar-refractivity contribution is 7.12. The van der Waals surface area contributed by atoms with Crippen molar-refractivity contribution in [2.45, 2.75) is 0 Å². The quantitative estimate of drug-likeness (QED) is 0.675. The molecule has 0 saturated heterocycles. The van der Waals surface area contributed by atoms with Crippen LogP contribution in [-0.2, 0) is 0 Å². The Labute approximate surface area is 160 Å². The van der Waals surface area contributed by atoms with Gasteiger partial charge in [0.25, 0.3) is 11.8 Å². The molecule has 2 aromatic carbocycles. The summed E-state index contributed by atoms with van der Waals surface area (Å²) in [5, 5.41) is 15.9. The summed E-state index contributed by atoms with van der Waals surface area (Å²) in [6, 6.07) is 18.9. The maximum atomic E-state index is 12.4. The number of nitrogens with one attached hydrogen (secondary N) is 2. The Bertz CT molecular complexity index is 976. The second-order valence-corrected chi connectivity index (χ2v) is 6.39. The molecule has 27 heavy (non-hydrogen) atoms. The van der Waals surface area contributed by atoms with E-state index in [4.69, 9.17) is 10.00 Å². The van der Waals surface area contributed by atoms with Gasteiger partial charge in [0.1, 0.15) is 11.8 Å². The van der Waals surface area contributed by atoms with Crippen LogP contribution in [-0.4, -0.2) is 18.4 Å². The molecule has 0 aliphatic carbocycles. The summed E-state index contributed by atoms with van der Waals surface area (Å²) in [6.07, 6.45) is 0. The molecule has 0 aliphatic rings. The van der Waals surface area contributed by atoms with Gasteiger partial charge >= 0.3 is 0 Å². The lowest BCUT2D eigenvalue weighted by atomic mass is 10.1. The van der Waals surface area contributed by atoms with Crippen LogP contribution in [0.15, 0.2) is 66.0 Å². The minimum absolute atomic E-state index is 0.0321. The number of thiophene rings is 1. The number of nitriles is 1. The number of rotatable bonds is 6. The van der Waals surface area contributed by atoms with Crippen molar-refractivity contribution in [3.63, 3.8) is 0 Å². The van der Waals surface area contributed by atoms with Gasteiger partial charge in [0.15, 0.2) is 6.61 Å². The van der Waals surface area contributed by atoms with Crippen LogP contribution in [0.4, 0.5) is 11.4 Å². The zero-order chi connectivity index (χ0) is 19.1. The van der Waals surface area contributed by atoms with E-state index in [-0.39, 0.29) is 18.4 Å². The van der Waals surface area contributed by atoms with Gasteiger partial charge in [-0.25, -0.2) is 0 Å². The minimum Gasteiger partial charge on any atom is -0.479 e. The highest BCUT2D eigenvalue weighted by Gasteiger charge is 2.10. The van der Waals surface area contributed by atoms with Crippen molar-refractivity contribution in [3.05, 3.63) is 76.5 Å². The molecular formula is C20H15N3O3S. The van der Waals surface area contributed by atoms with Gasteiger partial charge in [0, 0.05) is 16.9 Å². The number of nitrogens with zero attached hydrogens (tertiary/aromatic N) is 1. The number of hydrogen-bond donors (Lipinski definition) is 2. The molecule has 2 N–H and O–H groups in total. The van der Waals surface area contributed by atoms with Crippen molar-refractivity contribution < 1.29 is 14.3 Å². The van der Waals surface area contributed by atoms with Gasteiger partial charge in [-0.2, -0.15) is 5.26 Å². The van der Waals surface area contributed by atoms with E-state index in [1.54, 1.807) is 60.7 Å². The number of carbonyl (C=O) groups is 2. The van der Waals surface area contributed by atoms with Gasteiger partial charge in [-0.15, -0.1) is 11.3 Å². The van der Waals surface area contributed by atoms with Crippen molar-refractivity contribution in [2.24, 2.45) is 0 Å². The summed E-state index contributed by atoms with van der Waals surface area (Å²) < 4.78 is 5.17. The number of hydrogen-bond acceptors (Lipinski definition) is 5. The Morgan fingerprint density at radius 1 is 0.963 bits per heavy atom. The molecule has 134 valence electrons. The molecule has 0 spiro atoms. The Morgan fingerprint density at radius 2 is 1.74 bits per heavy atom. The van der Waals surface area contributed by atoms with Gasteiger partial charge in [0.2, 0.25) is 0 Å². The standard InChI is InChI=1S/C20H15N3O3S/c21-10-11-26-17-8-6-15(7-9-17)22-19(24)14-3-1-4-16(13-14)23-20(25)18-5-2-12-27-18/h1-9,12-13H,11H2,(H,22,24)(H,23,25). The van der Waals surface area contributed by atoms with Crippen LogP contribution in [0.2, 0.25) is 0 Å². The Kier molecular flexibility index (Phi) is 5.82. The Balaban J connectivity index is 1.65. The minimum atomic E-state index is -0.298. The molecule has 0 radical (unpaired) electrons. The summed E-state index contributed by atoms with van der Waals surface area (Å²) in [7, 11) is 0. The molecular weight excluding hydrogens is 362 g/mol. The van der Waals surface area contributed by atoms with Crippen molar-refractivity contribution in [2.75, 3.05) is 17.2 Å². The lowest BCUT2D eigenvalue weighted by Gasteiger charge is -2.09. The van der Waals surface area contributed by atoms with Crippen LogP contribution in [0.1, 0.15) is 20.0 Å². The van der Waals surface area contributed by atoms with E-state index >= 15 is 0 Å². The highest BCUT2D eigenvalue weighted by Crippen LogP contribution is 2.18. The normalized spacial score (nSPS) is 9.89. The molecule has 6 nitrogen and oxygen atoms in total. The molecule has 0 fully saturated rings. The first kappa shape index (κ1) is 18.2. The first-order chi connectivity index (χ1) is 13.2. The molecule has 3 rings (SSSR count). The van der Waals surface area contributed by atoms with E-state index in [9.17, 15) is 9.59 Å². The fourth-order valence-electron chi connectivity index (χ4n) is 2.29. The molecule has 0 bridgehead atoms. The van der Waals surface area contributed by atoms with Crippen LogP contribution >= 0.6 is 11.3 Å². The second kappa shape index (κ2) is 8.65. The van der Waals surface area contributed by atoms with Gasteiger partial charge in [0.05, 0.1) is 4.88 Å². The predicted octanol–water partition coefficient (Wildman–Crippen LogP) is 4.16. The van der Waals surface area contributed by atoms with E-state index in [2.05, 4.69) is 10.6 Å². The average molecular weight is 377 g/mol. The summed E-state index contributed by atoms with van der Waals surface area (Å²) in [6.45, 7) is -0.0321. The Morgan fingerprint density at radius 3 is 2.44 bits per heavy atom. The third-order valence-corrected chi connectivity index (χ3v) is 4.41. The number of anilines is 2. The Hall–Kier alpha value is -3.63. The molecule has 1 heterocycles. The molecule has 2 amide bonds. The van der Waals surface area contributed by atoms with E-state index in [1.807, 2.05) is 11.4 Å². The monoisotopic (exact) mass is 377 g/mol. The largest absolute Gasteiger partial charge is 0.479 e. The van der Waals surface area contributed by atoms with E-state index < -0.39 is 0 Å². The maximum absolute atomic E-state index is 12.4. The zero-order valence-corrected chi connectivity index (χ0v) is 15.0. The predicted molar refractivity (Wildman–Crippen MR) is 104 cm³/mol. The summed E-state index contributed by atoms with van der Waals surface area (Å²) in [5.41, 5.74) is 1.56. The summed E-state index contributed by atoms with van der Waals surface area (Å²) in [4.78, 5) is 25.2. The third kappa shape index (κ3) is 4.93. The van der Waals surface area contributed by atoms with Crippen LogP contribution < -0.4 is 15.4 Å². The first-order valence-corrected chi connectivity index (χ1v) is 8.90. The number of ether oxygens (including phenoxy) is 1. The van der Waals surface area contributed by atoms with Gasteiger partial charge in [-0.05, 0) is 53.9 Å². The van der Waals surface area contributed by atoms with Crippen molar-refractivity contribution >= 4 is 34.5 Å². The van der Waals surface area contributed by atoms with Crippen molar-refractivity contribution in [1.82, 2.24) is 0 Å². The summed E-state index contributed by atoms with van der Waals surface area (Å²) in [5.74, 6) is 0.0382. The molecule has 7 heteroatoms. The second-order valence-electron chi connectivity index (χ2n) is 5.44. The van der Waals surface area contributed by atoms with Gasteiger partial charge in [-0.1, -0.05) is 12.1 Å². The van der Waals surface area contributed by atoms with Crippen molar-refractivity contribution in [3.8, 4) is 11.8 Å². The van der Waals surface area contributed by atoms with Crippen LogP contribution in [0.3, 0.4) is 0 Å². The SMILES string of the molecule is N#CCOc1ccc(NC(=O)c2cccc(NC(=O)c3cccs3)c2)cc1. The van der Waals surface area contributed by atoms with Crippen molar-refractivity contribution in [1.29, 1.82) is 5.26 Å². The zero-order valence-electron chi connectivity index (χ0n) is 14.1. The molecule has 0 atom stereocenters. The van der Waals surface area contributed by atoms with E-state index in [0.29, 0.717) is 27.6 Å². The van der Waals surface area contributed by atoms with Crippen LogP contribution in [0.25, 0.3) is 0 Å². The van der Waals surface area contributed by atoms with Gasteiger partial charge in [-0.3, -0.25) is 9.59 Å². The van der Waals surface area contributed by atoms with Gasteiger partial charge < -0.3 is 15.4 Å². The van der Waals surface area contributed by atoms with Crippen LogP contribution in [0.5, 0.6) is 5.75 Å². The molecule has 0 unspecified atom stereocenters. The number of carbonyl (C=O) groups excluding carboxylic acids is 2. The molecule has 3 aromatic rings. The van der Waals surface area contributed by atoms with E-state index in [0.717, 1.165) is 0 Å². The fourth-order valence-corrected chi connectivity index (χ4v) is 2.91. The van der Waals surface area contributed by atoms with Crippen LogP contribution in [0, 0.1) is 11.3 Å². The highest BCUT2D eigenvalue weighted by atomic mass is 32.1. The molecule has 0 saturated carbocycles. The lowest BCUT2D eigenvalue weighted by Crippen LogP contribution is -2.14. The number of amides is 2. The first-order valence-electron chi connectivity index (χ1n) is 8.02. The fraction of sp³-hybridized carbons (Fsp3) is 0.0500. The topological polar surface area (TPSA) is 91.2 Å². The van der Waals surface area contributed by atoms with E-state index in [1.165, 1.54) is 11.3 Å². The number of benzene rings is 2. The third-order valence-electron chi connectivity index (χ3n) is 3.54. The average Bonchev–Trinajstić information content (AvgIpc) is 3.23. The lowest BCUT2D eigenvalue weighted by molar-refractivity contribution is 0.101. The maximum Gasteiger partial charge on any atom is 0.265 e.